The Bertz CT molecular complexity index is 601. The number of amides is 1. The highest BCUT2D eigenvalue weighted by atomic mass is 28.4. The zero-order valence-corrected chi connectivity index (χ0v) is 18.5. The SMILES string of the molecule is CC[Si](CC)(CC)OC1(C)CN(C(=O)OC(C)(C)C)C1c1ccccc1. The average Bonchev–Trinajstić information content (AvgIpc) is 2.57. The first kappa shape index (κ1) is 21.0. The van der Waals surface area contributed by atoms with Gasteiger partial charge in [0, 0.05) is 0 Å². The van der Waals surface area contributed by atoms with E-state index in [0.717, 1.165) is 23.7 Å². The summed E-state index contributed by atoms with van der Waals surface area (Å²) in [5.41, 5.74) is 0.255. The van der Waals surface area contributed by atoms with E-state index < -0.39 is 13.9 Å². The molecule has 26 heavy (non-hydrogen) atoms. The summed E-state index contributed by atoms with van der Waals surface area (Å²) in [5, 5.41) is 0. The molecule has 0 saturated carbocycles. The molecule has 1 aromatic carbocycles. The second-order valence-corrected chi connectivity index (χ2v) is 13.3. The maximum Gasteiger partial charge on any atom is 0.411 e. The molecule has 1 aliphatic heterocycles. The van der Waals surface area contributed by atoms with Gasteiger partial charge in [0.2, 0.25) is 0 Å². The number of hydrogen-bond acceptors (Lipinski definition) is 3. The Morgan fingerprint density at radius 3 is 2.15 bits per heavy atom. The summed E-state index contributed by atoms with van der Waals surface area (Å²) < 4.78 is 12.5. The molecule has 146 valence electrons. The minimum absolute atomic E-state index is 0.102. The van der Waals surface area contributed by atoms with Crippen LogP contribution in [0.3, 0.4) is 0 Å². The van der Waals surface area contributed by atoms with Crippen LogP contribution in [0.1, 0.15) is 60.1 Å². The molecule has 0 bridgehead atoms. The van der Waals surface area contributed by atoms with E-state index in [4.69, 9.17) is 9.16 Å². The van der Waals surface area contributed by atoms with Crippen LogP contribution >= 0.6 is 0 Å². The number of likely N-dealkylation sites (tertiary alicyclic amines) is 1. The maximum atomic E-state index is 12.7. The van der Waals surface area contributed by atoms with E-state index in [9.17, 15) is 4.79 Å². The molecule has 0 N–H and O–H groups in total. The summed E-state index contributed by atoms with van der Waals surface area (Å²) in [6.07, 6.45) is -0.260. The Morgan fingerprint density at radius 2 is 1.69 bits per heavy atom. The van der Waals surface area contributed by atoms with Crippen LogP contribution in [0.5, 0.6) is 0 Å². The zero-order chi connectivity index (χ0) is 19.6. The van der Waals surface area contributed by atoms with E-state index in [0.29, 0.717) is 6.54 Å². The van der Waals surface area contributed by atoms with Crippen molar-refractivity contribution < 1.29 is 14.0 Å². The Kier molecular flexibility index (Phi) is 6.23. The Labute approximate surface area is 160 Å². The van der Waals surface area contributed by atoms with Crippen molar-refractivity contribution in [3.63, 3.8) is 0 Å². The van der Waals surface area contributed by atoms with E-state index in [2.05, 4.69) is 39.8 Å². The van der Waals surface area contributed by atoms with Gasteiger partial charge >= 0.3 is 6.09 Å². The minimum Gasteiger partial charge on any atom is -0.444 e. The van der Waals surface area contributed by atoms with Crippen LogP contribution < -0.4 is 0 Å². The molecule has 4 nitrogen and oxygen atoms in total. The van der Waals surface area contributed by atoms with Crippen LogP contribution in [-0.2, 0) is 9.16 Å². The standard InChI is InChI=1S/C21H35NO3Si/c1-8-26(9-2,10-3)25-21(7)16-22(19(23)24-20(4,5)6)18(21)17-14-12-11-13-15-17/h11-15,18H,8-10,16H2,1-7H3. The number of nitrogens with zero attached hydrogens (tertiary/aromatic N) is 1. The number of rotatable bonds is 6. The first-order valence-corrected chi connectivity index (χ1v) is 12.4. The van der Waals surface area contributed by atoms with Crippen molar-refractivity contribution in [2.24, 2.45) is 0 Å². The van der Waals surface area contributed by atoms with Crippen LogP contribution in [0.15, 0.2) is 30.3 Å². The predicted octanol–water partition coefficient (Wildman–Crippen LogP) is 5.76. The molecule has 5 heteroatoms. The van der Waals surface area contributed by atoms with Gasteiger partial charge in [-0.15, -0.1) is 0 Å². The Hall–Kier alpha value is -1.33. The first-order chi connectivity index (χ1) is 12.1. The van der Waals surface area contributed by atoms with Gasteiger partial charge in [0.1, 0.15) is 5.60 Å². The normalized spacial score (nSPS) is 23.5. The number of carbonyl (C=O) groups is 1. The van der Waals surface area contributed by atoms with Crippen LogP contribution in [0.2, 0.25) is 18.1 Å². The van der Waals surface area contributed by atoms with Crippen molar-refractivity contribution in [1.29, 1.82) is 0 Å². The molecule has 1 heterocycles. The van der Waals surface area contributed by atoms with Gasteiger partial charge in [0.15, 0.2) is 8.32 Å². The molecule has 1 amide bonds. The van der Waals surface area contributed by atoms with Gasteiger partial charge in [-0.3, -0.25) is 4.90 Å². The summed E-state index contributed by atoms with van der Waals surface area (Å²) in [5.74, 6) is 0. The second-order valence-electron chi connectivity index (χ2n) is 8.58. The fourth-order valence-corrected chi connectivity index (χ4v) is 7.04. The van der Waals surface area contributed by atoms with Crippen LogP contribution in [-0.4, -0.2) is 37.1 Å². The van der Waals surface area contributed by atoms with Crippen molar-refractivity contribution in [3.05, 3.63) is 35.9 Å². The van der Waals surface area contributed by atoms with Gasteiger partial charge in [0.25, 0.3) is 0 Å². The molecule has 2 unspecified atom stereocenters. The van der Waals surface area contributed by atoms with Crippen molar-refractivity contribution in [2.75, 3.05) is 6.54 Å². The summed E-state index contributed by atoms with van der Waals surface area (Å²) in [6, 6.07) is 13.4. The monoisotopic (exact) mass is 377 g/mol. The molecule has 0 radical (unpaired) electrons. The van der Waals surface area contributed by atoms with Gasteiger partial charge in [0.05, 0.1) is 18.2 Å². The van der Waals surface area contributed by atoms with Crippen LogP contribution in [0, 0.1) is 0 Å². The minimum atomic E-state index is -1.79. The Morgan fingerprint density at radius 1 is 1.15 bits per heavy atom. The van der Waals surface area contributed by atoms with Crippen molar-refractivity contribution in [1.82, 2.24) is 4.90 Å². The highest BCUT2D eigenvalue weighted by Gasteiger charge is 2.56. The van der Waals surface area contributed by atoms with Crippen LogP contribution in [0.4, 0.5) is 4.79 Å². The first-order valence-electron chi connectivity index (χ1n) is 9.84. The summed E-state index contributed by atoms with van der Waals surface area (Å²) >= 11 is 0. The molecule has 2 atom stereocenters. The molecule has 1 saturated heterocycles. The van der Waals surface area contributed by atoms with Crippen molar-refractivity contribution >= 4 is 14.4 Å². The average molecular weight is 378 g/mol. The summed E-state index contributed by atoms with van der Waals surface area (Å²) in [7, 11) is -1.79. The third-order valence-corrected chi connectivity index (χ3v) is 10.3. The van der Waals surface area contributed by atoms with Gasteiger partial charge in [-0.1, -0.05) is 51.1 Å². The number of carbonyl (C=O) groups excluding carboxylic acids is 1. The van der Waals surface area contributed by atoms with Gasteiger partial charge < -0.3 is 9.16 Å². The predicted molar refractivity (Wildman–Crippen MR) is 109 cm³/mol. The smallest absolute Gasteiger partial charge is 0.411 e. The largest absolute Gasteiger partial charge is 0.444 e. The van der Waals surface area contributed by atoms with E-state index in [-0.39, 0.29) is 17.7 Å². The fourth-order valence-electron chi connectivity index (χ4n) is 3.94. The molecule has 0 spiro atoms. The highest BCUT2D eigenvalue weighted by molar-refractivity contribution is 6.73. The molecule has 0 aromatic heterocycles. The highest BCUT2D eigenvalue weighted by Crippen LogP contribution is 2.47. The van der Waals surface area contributed by atoms with Crippen molar-refractivity contribution in [2.45, 2.75) is 83.8 Å². The van der Waals surface area contributed by atoms with Gasteiger partial charge in [-0.25, -0.2) is 4.79 Å². The number of ether oxygens (including phenoxy) is 1. The molecular formula is C21H35NO3Si. The van der Waals surface area contributed by atoms with Gasteiger partial charge in [-0.2, -0.15) is 0 Å². The molecular weight excluding hydrogens is 342 g/mol. The molecule has 1 aliphatic rings. The fraction of sp³-hybridized carbons (Fsp3) is 0.667. The molecule has 1 aromatic rings. The lowest BCUT2D eigenvalue weighted by Crippen LogP contribution is -2.68. The topological polar surface area (TPSA) is 38.8 Å². The summed E-state index contributed by atoms with van der Waals surface area (Å²) in [4.78, 5) is 14.6. The second kappa shape index (κ2) is 7.73. The third-order valence-electron chi connectivity index (χ3n) is 5.50. The van der Waals surface area contributed by atoms with Crippen molar-refractivity contribution in [3.8, 4) is 0 Å². The molecule has 0 aliphatic carbocycles. The van der Waals surface area contributed by atoms with E-state index in [1.54, 1.807) is 0 Å². The lowest BCUT2D eigenvalue weighted by atomic mass is 9.81. The quantitative estimate of drug-likeness (QED) is 0.592. The van der Waals surface area contributed by atoms with E-state index >= 15 is 0 Å². The lowest BCUT2D eigenvalue weighted by molar-refractivity contribution is -0.127. The third kappa shape index (κ3) is 4.31. The number of hydrogen-bond donors (Lipinski definition) is 0. The van der Waals surface area contributed by atoms with Crippen LogP contribution in [0.25, 0.3) is 0 Å². The molecule has 2 rings (SSSR count). The number of benzene rings is 1. The molecule has 1 fully saturated rings. The summed E-state index contributed by atoms with van der Waals surface area (Å²) in [6.45, 7) is 15.2. The van der Waals surface area contributed by atoms with E-state index in [1.807, 2.05) is 43.9 Å². The van der Waals surface area contributed by atoms with E-state index in [1.165, 1.54) is 0 Å². The Balaban J connectivity index is 2.31. The lowest BCUT2D eigenvalue weighted by Gasteiger charge is -2.58. The zero-order valence-electron chi connectivity index (χ0n) is 17.5. The maximum absolute atomic E-state index is 12.7. The van der Waals surface area contributed by atoms with Gasteiger partial charge in [-0.05, 0) is 51.4 Å².